The number of benzene rings is 1. The summed E-state index contributed by atoms with van der Waals surface area (Å²) in [4.78, 5) is 12.3. The number of alkyl halides is 2. The van der Waals surface area contributed by atoms with E-state index in [-0.39, 0.29) is 11.8 Å². The van der Waals surface area contributed by atoms with E-state index in [4.69, 9.17) is 5.73 Å². The second-order valence-electron chi connectivity index (χ2n) is 4.20. The third kappa shape index (κ3) is 5.57. The lowest BCUT2D eigenvalue weighted by molar-refractivity contribution is -0.119. The third-order valence-electron chi connectivity index (χ3n) is 2.65. The molecule has 0 aliphatic heterocycles. The number of halogens is 2. The normalized spacial score (nSPS) is 12.5. The maximum atomic E-state index is 12.4. The maximum absolute atomic E-state index is 12.4. The van der Waals surface area contributed by atoms with E-state index in [1.54, 1.807) is 31.2 Å². The molecule has 1 amide bonds. The Morgan fingerprint density at radius 2 is 2.11 bits per heavy atom. The highest BCUT2D eigenvalue weighted by Crippen LogP contribution is 2.31. The van der Waals surface area contributed by atoms with Crippen LogP contribution in [-0.2, 0) is 4.79 Å². The number of nitrogens with one attached hydrogen (secondary N) is 1. The third-order valence-corrected chi connectivity index (χ3v) is 3.44. The van der Waals surface area contributed by atoms with Crippen molar-refractivity contribution in [2.45, 2.75) is 30.4 Å². The highest BCUT2D eigenvalue weighted by molar-refractivity contribution is 7.99. The smallest absolute Gasteiger partial charge is 0.288 e. The van der Waals surface area contributed by atoms with E-state index in [1.807, 2.05) is 0 Å². The van der Waals surface area contributed by atoms with Gasteiger partial charge in [-0.05, 0) is 31.5 Å². The van der Waals surface area contributed by atoms with E-state index in [9.17, 15) is 13.6 Å². The van der Waals surface area contributed by atoms with Crippen LogP contribution < -0.4 is 11.1 Å². The average molecular weight is 288 g/mol. The van der Waals surface area contributed by atoms with Crippen molar-refractivity contribution >= 4 is 23.4 Å². The predicted molar refractivity (Wildman–Crippen MR) is 74.4 cm³/mol. The summed E-state index contributed by atoms with van der Waals surface area (Å²) >= 11 is 0.429. The van der Waals surface area contributed by atoms with Gasteiger partial charge in [-0.3, -0.25) is 4.79 Å². The van der Waals surface area contributed by atoms with Gasteiger partial charge >= 0.3 is 0 Å². The van der Waals surface area contributed by atoms with Crippen LogP contribution in [0.5, 0.6) is 0 Å². The largest absolute Gasteiger partial charge is 0.330 e. The fraction of sp³-hybridized carbons (Fsp3) is 0.462. The van der Waals surface area contributed by atoms with E-state index in [2.05, 4.69) is 5.32 Å². The van der Waals surface area contributed by atoms with E-state index in [0.29, 0.717) is 35.3 Å². The fourth-order valence-electron chi connectivity index (χ4n) is 1.58. The fourth-order valence-corrected chi connectivity index (χ4v) is 2.17. The van der Waals surface area contributed by atoms with Crippen LogP contribution in [0.3, 0.4) is 0 Å². The number of amides is 1. The number of hydrogen-bond acceptors (Lipinski definition) is 3. The first-order chi connectivity index (χ1) is 9.04. The lowest BCUT2D eigenvalue weighted by Crippen LogP contribution is -2.21. The Morgan fingerprint density at radius 3 is 2.74 bits per heavy atom. The van der Waals surface area contributed by atoms with Crippen LogP contribution in [0.25, 0.3) is 0 Å². The molecule has 1 unspecified atom stereocenters. The number of hydrogen-bond donors (Lipinski definition) is 2. The van der Waals surface area contributed by atoms with Crippen molar-refractivity contribution < 1.29 is 13.6 Å². The van der Waals surface area contributed by atoms with Gasteiger partial charge in [0.05, 0.1) is 5.69 Å². The number of anilines is 1. The van der Waals surface area contributed by atoms with Gasteiger partial charge in [0.1, 0.15) is 0 Å². The van der Waals surface area contributed by atoms with Crippen LogP contribution >= 0.6 is 11.8 Å². The molecule has 0 fully saturated rings. The Balaban J connectivity index is 2.68. The Labute approximate surface area is 115 Å². The number of thioether (sulfide) groups is 1. The molecule has 0 saturated carbocycles. The molecule has 0 bridgehead atoms. The first kappa shape index (κ1) is 15.9. The van der Waals surface area contributed by atoms with E-state index in [1.165, 1.54) is 0 Å². The van der Waals surface area contributed by atoms with Gasteiger partial charge in [0.2, 0.25) is 5.91 Å². The minimum absolute atomic E-state index is 0.171. The van der Waals surface area contributed by atoms with E-state index < -0.39 is 5.76 Å². The monoisotopic (exact) mass is 288 g/mol. The molecule has 0 aromatic heterocycles. The summed E-state index contributed by atoms with van der Waals surface area (Å²) in [6, 6.07) is 6.56. The van der Waals surface area contributed by atoms with Crippen LogP contribution in [-0.4, -0.2) is 18.2 Å². The summed E-state index contributed by atoms with van der Waals surface area (Å²) in [6.07, 6.45) is 1.45. The minimum atomic E-state index is -2.51. The van der Waals surface area contributed by atoms with Crippen LogP contribution in [0.4, 0.5) is 14.5 Å². The molecule has 6 heteroatoms. The molecule has 1 rings (SSSR count). The minimum Gasteiger partial charge on any atom is -0.330 e. The summed E-state index contributed by atoms with van der Waals surface area (Å²) in [6.45, 7) is 2.34. The van der Waals surface area contributed by atoms with Gasteiger partial charge in [0, 0.05) is 10.8 Å². The predicted octanol–water partition coefficient (Wildman–Crippen LogP) is 3.31. The van der Waals surface area contributed by atoms with Gasteiger partial charge < -0.3 is 11.1 Å². The second-order valence-corrected chi connectivity index (χ2v) is 5.23. The molecule has 1 atom stereocenters. The number of carbonyl (C=O) groups is 1. The SMILES string of the molecule is CC(CCCN)C(=O)Nc1ccccc1SC(F)F. The molecule has 0 aliphatic rings. The Bertz CT molecular complexity index is 415. The Hall–Kier alpha value is -1.14. The van der Waals surface area contributed by atoms with Crippen LogP contribution in [0.15, 0.2) is 29.2 Å². The standard InChI is InChI=1S/C13H18F2N2OS/c1-9(5-4-8-16)12(18)17-10-6-2-3-7-11(10)19-13(14)15/h2-3,6-7,9,13H,4-5,8,16H2,1H3,(H,17,18). The van der Waals surface area contributed by atoms with Gasteiger partial charge in [0.15, 0.2) is 0 Å². The van der Waals surface area contributed by atoms with E-state index >= 15 is 0 Å². The molecule has 106 valence electrons. The highest BCUT2D eigenvalue weighted by Gasteiger charge is 2.15. The molecule has 1 aromatic carbocycles. The van der Waals surface area contributed by atoms with Crippen molar-refractivity contribution in [3.8, 4) is 0 Å². The molecule has 1 aromatic rings. The average Bonchev–Trinajstić information content (AvgIpc) is 2.37. The van der Waals surface area contributed by atoms with Crippen LogP contribution in [0, 0.1) is 5.92 Å². The zero-order valence-electron chi connectivity index (χ0n) is 10.7. The maximum Gasteiger partial charge on any atom is 0.288 e. The second kappa shape index (κ2) is 8.12. The lowest BCUT2D eigenvalue weighted by atomic mass is 10.0. The molecule has 3 N–H and O–H groups in total. The summed E-state index contributed by atoms with van der Waals surface area (Å²) in [5, 5.41) is 2.69. The molecule has 0 heterocycles. The van der Waals surface area contributed by atoms with Gasteiger partial charge in [-0.2, -0.15) is 8.78 Å². The molecule has 0 aliphatic carbocycles. The zero-order valence-corrected chi connectivity index (χ0v) is 11.6. The van der Waals surface area contributed by atoms with E-state index in [0.717, 1.165) is 6.42 Å². The van der Waals surface area contributed by atoms with Gasteiger partial charge in [-0.25, -0.2) is 0 Å². The zero-order chi connectivity index (χ0) is 14.3. The number of para-hydroxylation sites is 1. The lowest BCUT2D eigenvalue weighted by Gasteiger charge is -2.14. The Kier molecular flexibility index (Phi) is 6.80. The Morgan fingerprint density at radius 1 is 1.42 bits per heavy atom. The van der Waals surface area contributed by atoms with Gasteiger partial charge in [0.25, 0.3) is 5.76 Å². The molecule has 0 radical (unpaired) electrons. The van der Waals surface area contributed by atoms with Crippen molar-refractivity contribution in [1.29, 1.82) is 0 Å². The van der Waals surface area contributed by atoms with Crippen molar-refractivity contribution in [2.24, 2.45) is 11.7 Å². The van der Waals surface area contributed by atoms with Crippen LogP contribution in [0.2, 0.25) is 0 Å². The number of nitrogens with two attached hydrogens (primary N) is 1. The molecule has 0 spiro atoms. The first-order valence-electron chi connectivity index (χ1n) is 6.09. The van der Waals surface area contributed by atoms with Crippen LogP contribution in [0.1, 0.15) is 19.8 Å². The highest BCUT2D eigenvalue weighted by atomic mass is 32.2. The van der Waals surface area contributed by atoms with Gasteiger partial charge in [-0.1, -0.05) is 30.8 Å². The molecule has 0 saturated heterocycles. The summed E-state index contributed by atoms with van der Waals surface area (Å²) in [5.74, 6) is -2.86. The summed E-state index contributed by atoms with van der Waals surface area (Å²) in [5.41, 5.74) is 5.82. The van der Waals surface area contributed by atoms with Gasteiger partial charge in [-0.15, -0.1) is 0 Å². The van der Waals surface area contributed by atoms with Crippen molar-refractivity contribution in [3.05, 3.63) is 24.3 Å². The van der Waals surface area contributed by atoms with Crippen molar-refractivity contribution in [3.63, 3.8) is 0 Å². The molecule has 19 heavy (non-hydrogen) atoms. The summed E-state index contributed by atoms with van der Waals surface area (Å²) < 4.78 is 24.8. The quantitative estimate of drug-likeness (QED) is 0.757. The number of rotatable bonds is 7. The molecular formula is C13H18F2N2OS. The number of carbonyl (C=O) groups excluding carboxylic acids is 1. The topological polar surface area (TPSA) is 55.1 Å². The van der Waals surface area contributed by atoms with Crippen molar-refractivity contribution in [1.82, 2.24) is 0 Å². The first-order valence-corrected chi connectivity index (χ1v) is 6.97. The van der Waals surface area contributed by atoms with Crippen molar-refractivity contribution in [2.75, 3.05) is 11.9 Å². The molecule has 3 nitrogen and oxygen atoms in total. The molecular weight excluding hydrogens is 270 g/mol. The summed E-state index contributed by atoms with van der Waals surface area (Å²) in [7, 11) is 0.